The molecule has 1 nitrogen and oxygen atoms in total. The lowest BCUT2D eigenvalue weighted by Gasteiger charge is -2.28. The molecule has 0 amide bonds. The van der Waals surface area contributed by atoms with Gasteiger partial charge in [0, 0.05) is 6.61 Å². The highest BCUT2D eigenvalue weighted by Crippen LogP contribution is 2.22. The van der Waals surface area contributed by atoms with Crippen molar-refractivity contribution in [2.24, 2.45) is 0 Å². The van der Waals surface area contributed by atoms with Crippen LogP contribution in [0.4, 0.5) is 0 Å². The summed E-state index contributed by atoms with van der Waals surface area (Å²) in [5.74, 6) is 0. The molecule has 0 aromatic heterocycles. The first-order chi connectivity index (χ1) is 7.89. The predicted octanol–water partition coefficient (Wildman–Crippen LogP) is 5.62. The van der Waals surface area contributed by atoms with Crippen molar-refractivity contribution in [3.05, 3.63) is 0 Å². The van der Waals surface area contributed by atoms with Crippen LogP contribution in [0.2, 0.25) is 37.3 Å². The Labute approximate surface area is 115 Å². The molecular weight excluding hydrogens is 264 g/mol. The zero-order valence-corrected chi connectivity index (χ0v) is 15.2. The smallest absolute Gasteiger partial charge is 0.191 e. The van der Waals surface area contributed by atoms with Crippen LogP contribution >= 0.6 is 11.1 Å². The first-order valence-corrected chi connectivity index (χ1v) is 14.0. The highest BCUT2D eigenvalue weighted by Gasteiger charge is 2.28. The van der Waals surface area contributed by atoms with Crippen LogP contribution in [-0.2, 0) is 4.43 Å². The molecule has 0 aromatic rings. The van der Waals surface area contributed by atoms with E-state index in [1.807, 2.05) is 0 Å². The van der Waals surface area contributed by atoms with E-state index in [2.05, 4.69) is 33.9 Å². The van der Waals surface area contributed by atoms with Gasteiger partial charge in [0.15, 0.2) is 8.32 Å². The second kappa shape index (κ2) is 8.73. The minimum Gasteiger partial charge on any atom is -0.417 e. The first-order valence-electron chi connectivity index (χ1n) is 7.22. The van der Waals surface area contributed by atoms with Gasteiger partial charge in [-0.25, -0.2) is 0 Å². The zero-order valence-electron chi connectivity index (χ0n) is 12.4. The number of rotatable bonds is 10. The van der Waals surface area contributed by atoms with Gasteiger partial charge in [0.05, 0.1) is 0 Å². The third-order valence-electron chi connectivity index (χ3n) is 3.76. The molecule has 0 aromatic carbocycles. The molecule has 0 heterocycles. The minimum absolute atomic E-state index is 0.978. The lowest BCUT2D eigenvalue weighted by molar-refractivity contribution is 0.289. The molecule has 0 saturated carbocycles. The molecule has 0 spiro atoms. The molecule has 0 aliphatic carbocycles. The molecule has 0 saturated heterocycles. The second-order valence-corrected chi connectivity index (χ2v) is 17.4. The molecule has 0 N–H and O–H groups in total. The molecule has 4 heteroatoms. The molecule has 0 radical (unpaired) electrons. The monoisotopic (exact) mass is 294 g/mol. The number of halogens is 1. The summed E-state index contributed by atoms with van der Waals surface area (Å²) in [4.78, 5) is 0. The third kappa shape index (κ3) is 8.41. The van der Waals surface area contributed by atoms with Crippen molar-refractivity contribution in [3.8, 4) is 0 Å². The van der Waals surface area contributed by atoms with Crippen LogP contribution in [0.25, 0.3) is 0 Å². The van der Waals surface area contributed by atoms with Crippen molar-refractivity contribution in [1.82, 2.24) is 0 Å². The van der Waals surface area contributed by atoms with Crippen molar-refractivity contribution >= 4 is 26.8 Å². The summed E-state index contributed by atoms with van der Waals surface area (Å²) < 4.78 is 6.23. The van der Waals surface area contributed by atoms with E-state index in [0.29, 0.717) is 0 Å². The average molecular weight is 295 g/mol. The topological polar surface area (TPSA) is 9.23 Å². The zero-order chi connectivity index (χ0) is 13.4. The SMILES string of the molecule is CC[Si](CC)(CC)OCCCCC[Si](C)(C)Cl. The summed E-state index contributed by atoms with van der Waals surface area (Å²) in [5.41, 5.74) is 0. The number of hydrogen-bond acceptors (Lipinski definition) is 1. The Morgan fingerprint density at radius 1 is 0.882 bits per heavy atom. The maximum absolute atomic E-state index is 6.30. The van der Waals surface area contributed by atoms with Crippen molar-refractivity contribution in [2.75, 3.05) is 6.61 Å². The maximum atomic E-state index is 6.30. The van der Waals surface area contributed by atoms with Crippen molar-refractivity contribution in [2.45, 2.75) is 77.3 Å². The highest BCUT2D eigenvalue weighted by atomic mass is 35.6. The highest BCUT2D eigenvalue weighted by molar-refractivity contribution is 7.19. The summed E-state index contributed by atoms with van der Waals surface area (Å²) in [6, 6.07) is 5.04. The van der Waals surface area contributed by atoms with Crippen LogP contribution in [0.3, 0.4) is 0 Å². The van der Waals surface area contributed by atoms with Gasteiger partial charge in [0.25, 0.3) is 0 Å². The lowest BCUT2D eigenvalue weighted by atomic mass is 10.3. The van der Waals surface area contributed by atoms with Crippen molar-refractivity contribution in [1.29, 1.82) is 0 Å². The van der Waals surface area contributed by atoms with Crippen LogP contribution in [-0.4, -0.2) is 22.3 Å². The van der Waals surface area contributed by atoms with Crippen LogP contribution in [0.1, 0.15) is 40.0 Å². The maximum Gasteiger partial charge on any atom is 0.191 e. The summed E-state index contributed by atoms with van der Waals surface area (Å²) in [5, 5.41) is 0. The van der Waals surface area contributed by atoms with Crippen molar-refractivity contribution < 1.29 is 4.43 Å². The second-order valence-electron chi connectivity index (χ2n) is 5.62. The molecule has 0 unspecified atom stereocenters. The largest absolute Gasteiger partial charge is 0.417 e. The molecule has 0 aliphatic rings. The van der Waals surface area contributed by atoms with Gasteiger partial charge in [-0.1, -0.05) is 46.7 Å². The quantitative estimate of drug-likeness (QED) is 0.288. The Hall–Kier alpha value is 0.684. The molecule has 0 rings (SSSR count). The van der Waals surface area contributed by atoms with Crippen molar-refractivity contribution in [3.63, 3.8) is 0 Å². The fourth-order valence-electron chi connectivity index (χ4n) is 2.17. The van der Waals surface area contributed by atoms with E-state index >= 15 is 0 Å². The van der Waals surface area contributed by atoms with E-state index < -0.39 is 15.7 Å². The van der Waals surface area contributed by atoms with Gasteiger partial charge < -0.3 is 4.43 Å². The van der Waals surface area contributed by atoms with E-state index in [0.717, 1.165) is 6.61 Å². The van der Waals surface area contributed by atoms with Gasteiger partial charge in [-0.3, -0.25) is 0 Å². The molecule has 0 atom stereocenters. The Morgan fingerprint density at radius 3 is 1.82 bits per heavy atom. The molecule has 17 heavy (non-hydrogen) atoms. The minimum atomic E-state index is -1.33. The van der Waals surface area contributed by atoms with Gasteiger partial charge in [0.1, 0.15) is 7.38 Å². The molecule has 0 fully saturated rings. The Kier molecular flexibility index (Phi) is 9.08. The molecular formula is C13H31ClOSi2. The van der Waals surface area contributed by atoms with Crippen LogP contribution in [0.15, 0.2) is 0 Å². The number of unbranched alkanes of at least 4 members (excludes halogenated alkanes) is 2. The van der Waals surface area contributed by atoms with Crippen LogP contribution in [0.5, 0.6) is 0 Å². The fraction of sp³-hybridized carbons (Fsp3) is 1.00. The third-order valence-corrected chi connectivity index (χ3v) is 10.5. The Bertz CT molecular complexity index is 180. The Balaban J connectivity index is 3.63. The van der Waals surface area contributed by atoms with Crippen LogP contribution < -0.4 is 0 Å². The van der Waals surface area contributed by atoms with E-state index in [-0.39, 0.29) is 0 Å². The normalized spacial score (nSPS) is 13.1. The molecule has 104 valence electrons. The molecule has 0 aliphatic heterocycles. The van der Waals surface area contributed by atoms with Gasteiger partial charge in [-0.05, 0) is 30.6 Å². The average Bonchev–Trinajstić information content (AvgIpc) is 2.28. The summed E-state index contributed by atoms with van der Waals surface area (Å²) in [6.45, 7) is 12.3. The predicted molar refractivity (Wildman–Crippen MR) is 85.1 cm³/mol. The molecule has 0 bridgehead atoms. The first kappa shape index (κ1) is 17.7. The van der Waals surface area contributed by atoms with E-state index in [9.17, 15) is 0 Å². The summed E-state index contributed by atoms with van der Waals surface area (Å²) >= 11 is 6.30. The lowest BCUT2D eigenvalue weighted by Crippen LogP contribution is -2.36. The van der Waals surface area contributed by atoms with Gasteiger partial charge >= 0.3 is 0 Å². The standard InChI is InChI=1S/C13H31ClOSi2/c1-6-17(7-2,8-3)15-12-10-9-11-13-16(4,5)14/h6-13H2,1-5H3. The summed E-state index contributed by atoms with van der Waals surface area (Å²) in [6.07, 6.45) is 3.78. The van der Waals surface area contributed by atoms with Gasteiger partial charge in [0.2, 0.25) is 0 Å². The van der Waals surface area contributed by atoms with Gasteiger partial charge in [-0.2, -0.15) is 11.1 Å². The summed E-state index contributed by atoms with van der Waals surface area (Å²) in [7, 11) is -2.67. The van der Waals surface area contributed by atoms with Crippen LogP contribution in [0, 0.1) is 0 Å². The van der Waals surface area contributed by atoms with E-state index in [4.69, 9.17) is 15.5 Å². The van der Waals surface area contributed by atoms with Gasteiger partial charge in [-0.15, -0.1) is 0 Å². The Morgan fingerprint density at radius 2 is 1.41 bits per heavy atom. The van der Waals surface area contributed by atoms with E-state index in [1.165, 1.54) is 43.4 Å². The fourth-order valence-corrected chi connectivity index (χ4v) is 6.35. The van der Waals surface area contributed by atoms with E-state index in [1.54, 1.807) is 0 Å². The number of hydrogen-bond donors (Lipinski definition) is 0.